The van der Waals surface area contributed by atoms with E-state index in [0.717, 1.165) is 29.9 Å². The quantitative estimate of drug-likeness (QED) is 0.708. The monoisotopic (exact) mass is 248 g/mol. The molecule has 0 spiro atoms. The lowest BCUT2D eigenvalue weighted by atomic mass is 10.1. The smallest absolute Gasteiger partial charge is 0.414 e. The van der Waals surface area contributed by atoms with Gasteiger partial charge in [0.15, 0.2) is 0 Å². The first-order chi connectivity index (χ1) is 8.37. The number of anilines is 1. The lowest BCUT2D eigenvalue weighted by molar-refractivity contribution is 0.0577. The molecule has 2 heterocycles. The van der Waals surface area contributed by atoms with Crippen LogP contribution in [0.1, 0.15) is 38.6 Å². The molecule has 1 aliphatic heterocycles. The summed E-state index contributed by atoms with van der Waals surface area (Å²) in [7, 11) is 0. The van der Waals surface area contributed by atoms with Gasteiger partial charge in [0.05, 0.1) is 11.4 Å². The molecule has 0 unspecified atom stereocenters. The maximum Gasteiger partial charge on any atom is 0.414 e. The van der Waals surface area contributed by atoms with Crippen molar-refractivity contribution in [2.75, 3.05) is 11.4 Å². The van der Waals surface area contributed by atoms with Crippen LogP contribution in [0.15, 0.2) is 12.1 Å². The van der Waals surface area contributed by atoms with Crippen molar-refractivity contribution in [3.05, 3.63) is 23.5 Å². The van der Waals surface area contributed by atoms with Gasteiger partial charge >= 0.3 is 6.09 Å². The van der Waals surface area contributed by atoms with Crippen molar-refractivity contribution in [3.63, 3.8) is 0 Å². The number of hydrogen-bond donors (Lipinski definition) is 0. The van der Waals surface area contributed by atoms with Crippen LogP contribution >= 0.6 is 0 Å². The van der Waals surface area contributed by atoms with Crippen LogP contribution in [0.4, 0.5) is 10.5 Å². The van der Waals surface area contributed by atoms with Crippen molar-refractivity contribution in [1.29, 1.82) is 0 Å². The van der Waals surface area contributed by atoms with Gasteiger partial charge in [0, 0.05) is 12.2 Å². The third-order valence-electron chi connectivity index (χ3n) is 2.79. The Balaban J connectivity index is 2.25. The normalized spacial score (nSPS) is 15.2. The first-order valence-corrected chi connectivity index (χ1v) is 6.34. The molecule has 4 nitrogen and oxygen atoms in total. The summed E-state index contributed by atoms with van der Waals surface area (Å²) in [6.45, 7) is 8.30. The Labute approximate surface area is 108 Å². The van der Waals surface area contributed by atoms with Gasteiger partial charge in [-0.1, -0.05) is 0 Å². The number of ether oxygens (including phenoxy) is 1. The van der Waals surface area contributed by atoms with E-state index in [9.17, 15) is 4.79 Å². The number of pyridine rings is 1. The first-order valence-electron chi connectivity index (χ1n) is 6.34. The molecule has 0 aliphatic carbocycles. The Hall–Kier alpha value is -1.58. The molecule has 0 atom stereocenters. The van der Waals surface area contributed by atoms with E-state index in [1.807, 2.05) is 39.8 Å². The van der Waals surface area contributed by atoms with Crippen molar-refractivity contribution in [1.82, 2.24) is 4.98 Å². The number of amides is 1. The van der Waals surface area contributed by atoms with Crippen molar-refractivity contribution in [2.45, 2.75) is 46.1 Å². The van der Waals surface area contributed by atoms with Gasteiger partial charge in [-0.25, -0.2) is 4.79 Å². The molecule has 4 heteroatoms. The number of rotatable bonds is 0. The molecule has 0 saturated carbocycles. The summed E-state index contributed by atoms with van der Waals surface area (Å²) >= 11 is 0. The molecule has 0 aromatic carbocycles. The largest absolute Gasteiger partial charge is 0.443 e. The van der Waals surface area contributed by atoms with Gasteiger partial charge in [-0.2, -0.15) is 0 Å². The Morgan fingerprint density at radius 2 is 2.11 bits per heavy atom. The summed E-state index contributed by atoms with van der Waals surface area (Å²) in [6.07, 6.45) is 1.58. The second kappa shape index (κ2) is 4.59. The van der Waals surface area contributed by atoms with E-state index in [4.69, 9.17) is 4.74 Å². The number of hydrogen-bond acceptors (Lipinski definition) is 3. The molecule has 0 radical (unpaired) electrons. The second-order valence-corrected chi connectivity index (χ2v) is 5.65. The van der Waals surface area contributed by atoms with Gasteiger partial charge in [0.2, 0.25) is 0 Å². The fourth-order valence-corrected chi connectivity index (χ4v) is 2.06. The molecule has 1 amide bonds. The van der Waals surface area contributed by atoms with Gasteiger partial charge in [0.25, 0.3) is 0 Å². The van der Waals surface area contributed by atoms with Crippen LogP contribution < -0.4 is 4.90 Å². The van der Waals surface area contributed by atoms with Gasteiger partial charge in [-0.15, -0.1) is 0 Å². The van der Waals surface area contributed by atoms with Crippen LogP contribution in [0.25, 0.3) is 0 Å². The molecule has 1 aromatic rings. The zero-order valence-corrected chi connectivity index (χ0v) is 11.5. The Kier molecular flexibility index (Phi) is 3.28. The lowest BCUT2D eigenvalue weighted by Gasteiger charge is -2.31. The number of fused-ring (bicyclic) bond motifs is 1. The Morgan fingerprint density at radius 1 is 1.39 bits per heavy atom. The van der Waals surface area contributed by atoms with Crippen molar-refractivity contribution in [3.8, 4) is 0 Å². The van der Waals surface area contributed by atoms with E-state index < -0.39 is 5.60 Å². The predicted molar refractivity (Wildman–Crippen MR) is 70.9 cm³/mol. The zero-order chi connectivity index (χ0) is 13.3. The minimum Gasteiger partial charge on any atom is -0.443 e. The zero-order valence-electron chi connectivity index (χ0n) is 11.5. The molecule has 98 valence electrons. The Morgan fingerprint density at radius 3 is 2.78 bits per heavy atom. The highest BCUT2D eigenvalue weighted by Gasteiger charge is 2.27. The van der Waals surface area contributed by atoms with Crippen LogP contribution in [0.2, 0.25) is 0 Å². The SMILES string of the molecule is Cc1ccc2c(n1)CCCN2C(=O)OC(C)(C)C. The molecule has 0 saturated heterocycles. The summed E-state index contributed by atoms with van der Waals surface area (Å²) in [5, 5.41) is 0. The van der Waals surface area contributed by atoms with Gasteiger partial charge in [-0.3, -0.25) is 9.88 Å². The van der Waals surface area contributed by atoms with E-state index >= 15 is 0 Å². The molecule has 0 fully saturated rings. The van der Waals surface area contributed by atoms with E-state index in [0.29, 0.717) is 6.54 Å². The van der Waals surface area contributed by atoms with Crippen LogP contribution in [-0.2, 0) is 11.2 Å². The minimum absolute atomic E-state index is 0.283. The number of carbonyl (C=O) groups excluding carboxylic acids is 1. The van der Waals surface area contributed by atoms with Crippen LogP contribution in [-0.4, -0.2) is 23.2 Å². The van der Waals surface area contributed by atoms with Crippen molar-refractivity contribution >= 4 is 11.8 Å². The van der Waals surface area contributed by atoms with E-state index in [2.05, 4.69) is 4.98 Å². The highest BCUT2D eigenvalue weighted by atomic mass is 16.6. The number of aryl methyl sites for hydroxylation is 2. The number of aromatic nitrogens is 1. The fourth-order valence-electron chi connectivity index (χ4n) is 2.06. The summed E-state index contributed by atoms with van der Waals surface area (Å²) in [4.78, 5) is 18.3. The summed E-state index contributed by atoms with van der Waals surface area (Å²) in [6, 6.07) is 3.89. The van der Waals surface area contributed by atoms with Gasteiger partial charge in [-0.05, 0) is 52.7 Å². The molecule has 0 N–H and O–H groups in total. The van der Waals surface area contributed by atoms with E-state index in [-0.39, 0.29) is 6.09 Å². The summed E-state index contributed by atoms with van der Waals surface area (Å²) in [5.41, 5.74) is 2.40. The molecule has 2 rings (SSSR count). The molecule has 1 aliphatic rings. The highest BCUT2D eigenvalue weighted by Crippen LogP contribution is 2.27. The van der Waals surface area contributed by atoms with Crippen LogP contribution in [0, 0.1) is 6.92 Å². The maximum absolute atomic E-state index is 12.1. The molecule has 0 bridgehead atoms. The van der Waals surface area contributed by atoms with Gasteiger partial charge < -0.3 is 4.74 Å². The molecular formula is C14H20N2O2. The van der Waals surface area contributed by atoms with E-state index in [1.54, 1.807) is 4.90 Å². The highest BCUT2D eigenvalue weighted by molar-refractivity contribution is 5.89. The summed E-state index contributed by atoms with van der Waals surface area (Å²) < 4.78 is 5.42. The fraction of sp³-hybridized carbons (Fsp3) is 0.571. The third kappa shape index (κ3) is 2.81. The minimum atomic E-state index is -0.465. The second-order valence-electron chi connectivity index (χ2n) is 5.65. The standard InChI is InChI=1S/C14H20N2O2/c1-10-7-8-12-11(15-10)6-5-9-16(12)13(17)18-14(2,3)4/h7-8H,5-6,9H2,1-4H3. The average molecular weight is 248 g/mol. The first kappa shape index (κ1) is 12.9. The van der Waals surface area contributed by atoms with Crippen molar-refractivity contribution < 1.29 is 9.53 Å². The topological polar surface area (TPSA) is 42.4 Å². The number of nitrogens with zero attached hydrogens (tertiary/aromatic N) is 2. The predicted octanol–water partition coefficient (Wildman–Crippen LogP) is 3.08. The molecule has 1 aromatic heterocycles. The maximum atomic E-state index is 12.1. The van der Waals surface area contributed by atoms with Crippen molar-refractivity contribution in [2.24, 2.45) is 0 Å². The lowest BCUT2D eigenvalue weighted by Crippen LogP contribution is -2.40. The summed E-state index contributed by atoms with van der Waals surface area (Å²) in [5.74, 6) is 0. The molecule has 18 heavy (non-hydrogen) atoms. The Bertz CT molecular complexity index is 463. The van der Waals surface area contributed by atoms with Gasteiger partial charge in [0.1, 0.15) is 5.60 Å². The third-order valence-corrected chi connectivity index (χ3v) is 2.79. The molecular weight excluding hydrogens is 228 g/mol. The average Bonchev–Trinajstić information content (AvgIpc) is 2.25. The van der Waals surface area contributed by atoms with E-state index in [1.165, 1.54) is 0 Å². The van der Waals surface area contributed by atoms with Crippen LogP contribution in [0.5, 0.6) is 0 Å². The van der Waals surface area contributed by atoms with Crippen LogP contribution in [0.3, 0.4) is 0 Å². The number of carbonyl (C=O) groups is 1.